The van der Waals surface area contributed by atoms with Gasteiger partial charge in [0.2, 0.25) is 0 Å². The van der Waals surface area contributed by atoms with Gasteiger partial charge >= 0.3 is 0 Å². The summed E-state index contributed by atoms with van der Waals surface area (Å²) in [6.07, 6.45) is 6.23. The predicted octanol–water partition coefficient (Wildman–Crippen LogP) is 3.75. The van der Waals surface area contributed by atoms with Gasteiger partial charge in [-0.1, -0.05) is 20.8 Å². The van der Waals surface area contributed by atoms with Gasteiger partial charge in [0.25, 0.3) is 5.91 Å². The third-order valence-corrected chi connectivity index (χ3v) is 6.70. The van der Waals surface area contributed by atoms with Gasteiger partial charge in [-0.05, 0) is 45.1 Å². The van der Waals surface area contributed by atoms with Crippen LogP contribution in [0.2, 0.25) is 0 Å². The van der Waals surface area contributed by atoms with Gasteiger partial charge in [-0.25, -0.2) is 0 Å². The molecule has 3 saturated heterocycles. The maximum Gasteiger partial charge on any atom is 0.257 e. The highest BCUT2D eigenvalue weighted by Crippen LogP contribution is 2.40. The van der Waals surface area contributed by atoms with Crippen LogP contribution in [0, 0.1) is 6.92 Å². The largest absolute Gasteiger partial charge is 0.465 e. The smallest absolute Gasteiger partial charge is 0.257 e. The number of aryl methyl sites for hydroxylation is 1. The van der Waals surface area contributed by atoms with Crippen LogP contribution in [-0.2, 0) is 10.2 Å². The molecular weight excluding hydrogens is 340 g/mol. The number of piperidine rings is 1. The first kappa shape index (κ1) is 19.0. The Kier molecular flexibility index (Phi) is 4.88. The standard InChI is InChI=1S/C22H34N2O3/c1-16-18(13-19(27-16)21(2,3)4)20(25)23-10-6-8-22(15-23)9-11-24(22)14-17-7-5-12-26-17/h13,17H,5-12,14-15H2,1-4H3/t17-,22-/m0/s1. The molecule has 27 heavy (non-hydrogen) atoms. The third-order valence-electron chi connectivity index (χ3n) is 6.70. The van der Waals surface area contributed by atoms with Crippen molar-refractivity contribution >= 4 is 5.91 Å². The Labute approximate surface area is 163 Å². The van der Waals surface area contributed by atoms with E-state index in [1.165, 1.54) is 25.7 Å². The number of ether oxygens (including phenoxy) is 1. The maximum absolute atomic E-state index is 13.3. The van der Waals surface area contributed by atoms with Crippen molar-refractivity contribution in [1.82, 2.24) is 9.80 Å². The van der Waals surface area contributed by atoms with Gasteiger partial charge in [0, 0.05) is 43.7 Å². The van der Waals surface area contributed by atoms with Crippen molar-refractivity contribution in [3.63, 3.8) is 0 Å². The molecule has 5 heteroatoms. The number of likely N-dealkylation sites (tertiary alicyclic amines) is 2. The van der Waals surface area contributed by atoms with E-state index in [9.17, 15) is 4.79 Å². The molecule has 0 unspecified atom stereocenters. The first-order chi connectivity index (χ1) is 12.8. The van der Waals surface area contributed by atoms with Crippen molar-refractivity contribution in [3.05, 3.63) is 23.2 Å². The van der Waals surface area contributed by atoms with Gasteiger partial charge in [0.15, 0.2) is 0 Å². The second kappa shape index (κ2) is 6.93. The van der Waals surface area contributed by atoms with Crippen LogP contribution in [0.25, 0.3) is 0 Å². The van der Waals surface area contributed by atoms with E-state index in [1.54, 1.807) is 0 Å². The lowest BCUT2D eigenvalue weighted by molar-refractivity contribution is -0.0807. The number of hydrogen-bond donors (Lipinski definition) is 0. The summed E-state index contributed by atoms with van der Waals surface area (Å²) in [6, 6.07) is 1.96. The van der Waals surface area contributed by atoms with E-state index in [4.69, 9.17) is 9.15 Å². The van der Waals surface area contributed by atoms with Crippen molar-refractivity contribution in [3.8, 4) is 0 Å². The van der Waals surface area contributed by atoms with Crippen molar-refractivity contribution in [1.29, 1.82) is 0 Å². The highest BCUT2D eigenvalue weighted by molar-refractivity contribution is 5.95. The average Bonchev–Trinajstić information content (AvgIpc) is 3.27. The molecule has 0 radical (unpaired) electrons. The third kappa shape index (κ3) is 3.56. The summed E-state index contributed by atoms with van der Waals surface area (Å²) < 4.78 is 11.8. The Hall–Kier alpha value is -1.33. The zero-order chi connectivity index (χ0) is 19.2. The average molecular weight is 375 g/mol. The molecule has 5 nitrogen and oxygen atoms in total. The first-order valence-corrected chi connectivity index (χ1v) is 10.6. The number of carbonyl (C=O) groups excluding carboxylic acids is 1. The van der Waals surface area contributed by atoms with E-state index in [-0.39, 0.29) is 16.9 Å². The lowest BCUT2D eigenvalue weighted by Gasteiger charge is -2.57. The summed E-state index contributed by atoms with van der Waals surface area (Å²) in [4.78, 5) is 17.9. The molecule has 1 aromatic rings. The normalized spacial score (nSPS) is 29.3. The molecular formula is C22H34N2O3. The fourth-order valence-corrected chi connectivity index (χ4v) is 4.89. The number of rotatable bonds is 3. The minimum Gasteiger partial charge on any atom is -0.465 e. The van der Waals surface area contributed by atoms with Crippen LogP contribution >= 0.6 is 0 Å². The highest BCUT2D eigenvalue weighted by Gasteiger charge is 2.49. The summed E-state index contributed by atoms with van der Waals surface area (Å²) in [5.41, 5.74) is 0.824. The second-order valence-corrected chi connectivity index (χ2v) is 9.72. The highest BCUT2D eigenvalue weighted by atomic mass is 16.5. The molecule has 0 bridgehead atoms. The quantitative estimate of drug-likeness (QED) is 0.808. The van der Waals surface area contributed by atoms with Crippen LogP contribution < -0.4 is 0 Å². The van der Waals surface area contributed by atoms with Gasteiger partial charge in [-0.3, -0.25) is 9.69 Å². The Bertz CT molecular complexity index is 699. The monoisotopic (exact) mass is 374 g/mol. The van der Waals surface area contributed by atoms with Crippen LogP contribution in [-0.4, -0.2) is 60.1 Å². The van der Waals surface area contributed by atoms with Crippen molar-refractivity contribution < 1.29 is 13.9 Å². The Morgan fingerprint density at radius 3 is 2.67 bits per heavy atom. The molecule has 4 heterocycles. The van der Waals surface area contributed by atoms with Crippen molar-refractivity contribution in [2.75, 3.05) is 32.8 Å². The summed E-state index contributed by atoms with van der Waals surface area (Å²) in [5.74, 6) is 1.77. The van der Waals surface area contributed by atoms with E-state index in [0.717, 1.165) is 56.3 Å². The van der Waals surface area contributed by atoms with Crippen molar-refractivity contribution in [2.45, 2.75) is 76.9 Å². The number of furan rings is 1. The summed E-state index contributed by atoms with van der Waals surface area (Å²) in [5, 5.41) is 0. The van der Waals surface area contributed by atoms with Gasteiger partial charge in [-0.2, -0.15) is 0 Å². The fraction of sp³-hybridized carbons (Fsp3) is 0.773. The molecule has 3 aliphatic rings. The summed E-state index contributed by atoms with van der Waals surface area (Å²) in [6.45, 7) is 13.0. The minimum absolute atomic E-state index is 0.0849. The van der Waals surface area contributed by atoms with Crippen LogP contribution in [0.5, 0.6) is 0 Å². The van der Waals surface area contributed by atoms with Gasteiger partial charge in [0.05, 0.1) is 11.7 Å². The topological polar surface area (TPSA) is 45.9 Å². The number of amides is 1. The number of carbonyl (C=O) groups is 1. The van der Waals surface area contributed by atoms with Crippen LogP contribution in [0.3, 0.4) is 0 Å². The van der Waals surface area contributed by atoms with E-state index in [0.29, 0.717) is 6.10 Å². The number of nitrogens with zero attached hydrogens (tertiary/aromatic N) is 2. The SMILES string of the molecule is Cc1oc(C(C)(C)C)cc1C(=O)N1CCC[C@]2(CCN2C[C@@H]2CCCO2)C1. The molecule has 1 amide bonds. The molecule has 0 saturated carbocycles. The van der Waals surface area contributed by atoms with Gasteiger partial charge < -0.3 is 14.1 Å². The van der Waals surface area contributed by atoms with Crippen LogP contribution in [0.1, 0.15) is 74.8 Å². The minimum atomic E-state index is -0.0849. The van der Waals surface area contributed by atoms with E-state index in [1.807, 2.05) is 13.0 Å². The van der Waals surface area contributed by atoms with Crippen molar-refractivity contribution in [2.24, 2.45) is 0 Å². The van der Waals surface area contributed by atoms with Gasteiger partial charge in [-0.15, -0.1) is 0 Å². The van der Waals surface area contributed by atoms with E-state index >= 15 is 0 Å². The zero-order valence-corrected chi connectivity index (χ0v) is 17.3. The Balaban J connectivity index is 1.46. The molecule has 0 N–H and O–H groups in total. The first-order valence-electron chi connectivity index (χ1n) is 10.6. The zero-order valence-electron chi connectivity index (χ0n) is 17.3. The van der Waals surface area contributed by atoms with Crippen LogP contribution in [0.15, 0.2) is 10.5 Å². The summed E-state index contributed by atoms with van der Waals surface area (Å²) >= 11 is 0. The van der Waals surface area contributed by atoms with Crippen LogP contribution in [0.4, 0.5) is 0 Å². The molecule has 150 valence electrons. The van der Waals surface area contributed by atoms with E-state index in [2.05, 4.69) is 30.6 Å². The molecule has 1 spiro atoms. The Morgan fingerprint density at radius 2 is 2.07 bits per heavy atom. The molecule has 1 aromatic heterocycles. The lowest BCUT2D eigenvalue weighted by atomic mass is 9.77. The summed E-state index contributed by atoms with van der Waals surface area (Å²) in [7, 11) is 0. The fourth-order valence-electron chi connectivity index (χ4n) is 4.89. The molecule has 2 atom stereocenters. The number of hydrogen-bond acceptors (Lipinski definition) is 4. The lowest BCUT2D eigenvalue weighted by Crippen LogP contribution is -2.68. The molecule has 4 rings (SSSR count). The predicted molar refractivity (Wildman–Crippen MR) is 105 cm³/mol. The Morgan fingerprint density at radius 1 is 1.26 bits per heavy atom. The second-order valence-electron chi connectivity index (χ2n) is 9.72. The van der Waals surface area contributed by atoms with Gasteiger partial charge in [0.1, 0.15) is 11.5 Å². The molecule has 3 aliphatic heterocycles. The molecule has 0 aromatic carbocycles. The maximum atomic E-state index is 13.3. The van der Waals surface area contributed by atoms with E-state index < -0.39 is 0 Å². The molecule has 3 fully saturated rings. The molecule has 0 aliphatic carbocycles.